The van der Waals surface area contributed by atoms with Crippen molar-refractivity contribution in [3.05, 3.63) is 64.1 Å². The molecule has 2 aromatic rings. The summed E-state index contributed by atoms with van der Waals surface area (Å²) in [5.74, 6) is -0.416. The van der Waals surface area contributed by atoms with E-state index in [1.807, 2.05) is 30.3 Å². The van der Waals surface area contributed by atoms with Crippen molar-refractivity contribution in [1.82, 2.24) is 15.1 Å². The molecule has 0 saturated carbocycles. The van der Waals surface area contributed by atoms with Crippen molar-refractivity contribution >= 4 is 5.91 Å². The molecule has 2 rings (SSSR count). The van der Waals surface area contributed by atoms with E-state index in [1.165, 1.54) is 19.2 Å². The van der Waals surface area contributed by atoms with Crippen LogP contribution >= 0.6 is 0 Å². The SMILES string of the molecule is Cn1nc(C(=O)N[C@H](CO)Cc2ccccc2)ccc1=O. The lowest BCUT2D eigenvalue weighted by molar-refractivity contribution is 0.0909. The lowest BCUT2D eigenvalue weighted by Gasteiger charge is -2.16. The summed E-state index contributed by atoms with van der Waals surface area (Å²) in [7, 11) is 1.48. The molecule has 0 spiro atoms. The van der Waals surface area contributed by atoms with Gasteiger partial charge in [-0.25, -0.2) is 4.68 Å². The minimum Gasteiger partial charge on any atom is -0.394 e. The Balaban J connectivity index is 2.05. The third-order valence-corrected chi connectivity index (χ3v) is 3.07. The van der Waals surface area contributed by atoms with Gasteiger partial charge in [-0.2, -0.15) is 5.10 Å². The Bertz CT molecular complexity index is 667. The summed E-state index contributed by atoms with van der Waals surface area (Å²) in [5.41, 5.74) is 0.878. The summed E-state index contributed by atoms with van der Waals surface area (Å²) < 4.78 is 1.10. The Morgan fingerprint density at radius 1 is 1.29 bits per heavy atom. The number of amides is 1. The van der Waals surface area contributed by atoms with Crippen LogP contribution in [0.2, 0.25) is 0 Å². The van der Waals surface area contributed by atoms with Gasteiger partial charge in [0.15, 0.2) is 0 Å². The minimum atomic E-state index is -0.416. The summed E-state index contributed by atoms with van der Waals surface area (Å²) in [6.45, 7) is -0.174. The van der Waals surface area contributed by atoms with E-state index in [4.69, 9.17) is 0 Å². The van der Waals surface area contributed by atoms with Gasteiger partial charge in [-0.15, -0.1) is 0 Å². The van der Waals surface area contributed by atoms with E-state index in [1.54, 1.807) is 0 Å². The monoisotopic (exact) mass is 287 g/mol. The first-order valence-corrected chi connectivity index (χ1v) is 6.60. The highest BCUT2D eigenvalue weighted by Crippen LogP contribution is 2.03. The molecular formula is C15H17N3O3. The maximum absolute atomic E-state index is 12.1. The normalized spacial score (nSPS) is 11.9. The van der Waals surface area contributed by atoms with E-state index >= 15 is 0 Å². The second kappa shape index (κ2) is 6.81. The van der Waals surface area contributed by atoms with Crippen molar-refractivity contribution in [3.63, 3.8) is 0 Å². The predicted molar refractivity (Wildman–Crippen MR) is 78.0 cm³/mol. The number of aromatic nitrogens is 2. The molecule has 1 aromatic heterocycles. The maximum atomic E-state index is 12.1. The average molecular weight is 287 g/mol. The van der Waals surface area contributed by atoms with E-state index in [-0.39, 0.29) is 17.9 Å². The molecule has 1 heterocycles. The van der Waals surface area contributed by atoms with E-state index in [0.29, 0.717) is 6.42 Å². The van der Waals surface area contributed by atoms with E-state index in [9.17, 15) is 14.7 Å². The molecule has 1 atom stereocenters. The molecule has 0 aliphatic carbocycles. The number of aliphatic hydroxyl groups excluding tert-OH is 1. The van der Waals surface area contributed by atoms with Crippen LogP contribution < -0.4 is 10.9 Å². The van der Waals surface area contributed by atoms with E-state index in [2.05, 4.69) is 10.4 Å². The van der Waals surface area contributed by atoms with E-state index < -0.39 is 11.9 Å². The molecule has 0 bridgehead atoms. The van der Waals surface area contributed by atoms with Gasteiger partial charge in [-0.1, -0.05) is 30.3 Å². The zero-order valence-corrected chi connectivity index (χ0v) is 11.7. The van der Waals surface area contributed by atoms with Gasteiger partial charge in [0, 0.05) is 13.1 Å². The van der Waals surface area contributed by atoms with Crippen LogP contribution in [0.25, 0.3) is 0 Å². The zero-order chi connectivity index (χ0) is 15.2. The fraction of sp³-hybridized carbons (Fsp3) is 0.267. The van der Waals surface area contributed by atoms with Crippen LogP contribution in [-0.2, 0) is 13.5 Å². The Morgan fingerprint density at radius 2 is 2.00 bits per heavy atom. The number of aryl methyl sites for hydroxylation is 1. The second-order valence-corrected chi connectivity index (χ2v) is 4.72. The fourth-order valence-corrected chi connectivity index (χ4v) is 1.94. The van der Waals surface area contributed by atoms with Gasteiger partial charge in [0.1, 0.15) is 5.69 Å². The topological polar surface area (TPSA) is 84.2 Å². The molecule has 0 unspecified atom stereocenters. The smallest absolute Gasteiger partial charge is 0.272 e. The first kappa shape index (κ1) is 14.9. The number of benzene rings is 1. The van der Waals surface area contributed by atoms with Gasteiger partial charge in [-0.3, -0.25) is 9.59 Å². The third kappa shape index (κ3) is 4.00. The molecule has 1 amide bonds. The summed E-state index contributed by atoms with van der Waals surface area (Å²) in [5, 5.41) is 16.0. The van der Waals surface area contributed by atoms with Gasteiger partial charge >= 0.3 is 0 Å². The molecule has 0 fully saturated rings. The Kier molecular flexibility index (Phi) is 4.84. The van der Waals surface area contributed by atoms with Crippen LogP contribution in [-0.4, -0.2) is 33.4 Å². The second-order valence-electron chi connectivity index (χ2n) is 4.72. The number of nitrogens with one attached hydrogen (secondary N) is 1. The maximum Gasteiger partial charge on any atom is 0.272 e. The van der Waals surface area contributed by atoms with Gasteiger partial charge < -0.3 is 10.4 Å². The minimum absolute atomic E-state index is 0.142. The lowest BCUT2D eigenvalue weighted by Crippen LogP contribution is -2.40. The first-order valence-electron chi connectivity index (χ1n) is 6.60. The van der Waals surface area contributed by atoms with Crippen molar-refractivity contribution in [2.75, 3.05) is 6.61 Å². The molecule has 0 aliphatic heterocycles. The molecule has 110 valence electrons. The van der Waals surface area contributed by atoms with Gasteiger partial charge in [0.05, 0.1) is 12.6 Å². The van der Waals surface area contributed by atoms with Crippen LogP contribution in [0.3, 0.4) is 0 Å². The van der Waals surface area contributed by atoms with E-state index in [0.717, 1.165) is 10.2 Å². The summed E-state index contributed by atoms with van der Waals surface area (Å²) in [6, 6.07) is 11.8. The molecule has 21 heavy (non-hydrogen) atoms. The highest BCUT2D eigenvalue weighted by Gasteiger charge is 2.15. The summed E-state index contributed by atoms with van der Waals surface area (Å²) in [6.07, 6.45) is 0.523. The van der Waals surface area contributed by atoms with Crippen molar-refractivity contribution in [1.29, 1.82) is 0 Å². The van der Waals surface area contributed by atoms with Crippen molar-refractivity contribution in [3.8, 4) is 0 Å². The average Bonchev–Trinajstić information content (AvgIpc) is 2.50. The quantitative estimate of drug-likeness (QED) is 0.817. The lowest BCUT2D eigenvalue weighted by atomic mass is 10.1. The highest BCUT2D eigenvalue weighted by atomic mass is 16.3. The molecular weight excluding hydrogens is 270 g/mol. The number of carbonyl (C=O) groups excluding carboxylic acids is 1. The van der Waals surface area contributed by atoms with Crippen LogP contribution in [0.4, 0.5) is 0 Å². The van der Waals surface area contributed by atoms with Crippen LogP contribution in [0.5, 0.6) is 0 Å². The molecule has 6 heteroatoms. The molecule has 0 aliphatic rings. The number of aliphatic hydroxyl groups is 1. The molecule has 6 nitrogen and oxygen atoms in total. The standard InChI is InChI=1S/C15H17N3O3/c1-18-14(20)8-7-13(17-18)15(21)16-12(10-19)9-11-5-3-2-4-6-11/h2-8,12,19H,9-10H2,1H3,(H,16,21)/t12-/m0/s1. The van der Waals surface area contributed by atoms with Crippen LogP contribution in [0, 0.1) is 0 Å². The van der Waals surface area contributed by atoms with Gasteiger partial charge in [0.2, 0.25) is 0 Å². The molecule has 2 N–H and O–H groups in total. The van der Waals surface area contributed by atoms with Crippen molar-refractivity contribution < 1.29 is 9.90 Å². The summed E-state index contributed by atoms with van der Waals surface area (Å²) in [4.78, 5) is 23.3. The Morgan fingerprint density at radius 3 is 2.62 bits per heavy atom. The first-order chi connectivity index (χ1) is 10.1. The number of hydrogen-bond acceptors (Lipinski definition) is 4. The van der Waals surface area contributed by atoms with Crippen LogP contribution in [0.15, 0.2) is 47.3 Å². The molecule has 0 radical (unpaired) electrons. The Labute approximate surface area is 122 Å². The van der Waals surface area contributed by atoms with Gasteiger partial charge in [0.25, 0.3) is 11.5 Å². The Hall–Kier alpha value is -2.47. The zero-order valence-electron chi connectivity index (χ0n) is 11.7. The number of carbonyl (C=O) groups is 1. The number of nitrogens with zero attached hydrogens (tertiary/aromatic N) is 2. The number of rotatable bonds is 5. The van der Waals surface area contributed by atoms with Crippen LogP contribution in [0.1, 0.15) is 16.1 Å². The predicted octanol–water partition coefficient (Wildman–Crippen LogP) is 0.114. The molecule has 1 aromatic carbocycles. The largest absolute Gasteiger partial charge is 0.394 e. The number of hydrogen-bond donors (Lipinski definition) is 2. The fourth-order valence-electron chi connectivity index (χ4n) is 1.94. The van der Waals surface area contributed by atoms with Crippen molar-refractivity contribution in [2.24, 2.45) is 7.05 Å². The van der Waals surface area contributed by atoms with Crippen molar-refractivity contribution in [2.45, 2.75) is 12.5 Å². The van der Waals surface area contributed by atoms with Gasteiger partial charge in [-0.05, 0) is 18.1 Å². The molecule has 0 saturated heterocycles. The third-order valence-electron chi connectivity index (χ3n) is 3.07. The highest BCUT2D eigenvalue weighted by molar-refractivity contribution is 5.92. The summed E-state index contributed by atoms with van der Waals surface area (Å²) >= 11 is 0.